The Morgan fingerprint density at radius 3 is 2.95 bits per heavy atom. The van der Waals surface area contributed by atoms with Crippen LogP contribution in [0.2, 0.25) is 0 Å². The van der Waals surface area contributed by atoms with Crippen LogP contribution in [0.1, 0.15) is 16.8 Å². The van der Waals surface area contributed by atoms with Crippen molar-refractivity contribution in [3.05, 3.63) is 36.4 Å². The first-order valence-corrected chi connectivity index (χ1v) is 6.09. The van der Waals surface area contributed by atoms with Crippen molar-refractivity contribution in [3.8, 4) is 5.75 Å². The lowest BCUT2D eigenvalue weighted by molar-refractivity contribution is 0.0915. The molecule has 1 amide bonds. The van der Waals surface area contributed by atoms with Gasteiger partial charge in [0.1, 0.15) is 5.75 Å². The van der Waals surface area contributed by atoms with E-state index >= 15 is 0 Å². The molecule has 0 aliphatic carbocycles. The largest absolute Gasteiger partial charge is 0.496 e. The van der Waals surface area contributed by atoms with Gasteiger partial charge in [0.25, 0.3) is 5.91 Å². The molecule has 0 fully saturated rings. The van der Waals surface area contributed by atoms with Crippen LogP contribution in [0.4, 0.5) is 5.69 Å². The van der Waals surface area contributed by atoms with E-state index in [1.54, 1.807) is 24.3 Å². The number of ether oxygens (including phenoxy) is 2. The number of amides is 1. The van der Waals surface area contributed by atoms with Gasteiger partial charge >= 0.3 is 0 Å². The number of hydrogen-bond donors (Lipinski definition) is 2. The average Bonchev–Trinajstić information content (AvgIpc) is 2.42. The Balaban J connectivity index is 2.43. The van der Waals surface area contributed by atoms with Crippen molar-refractivity contribution in [1.82, 2.24) is 5.32 Å². The molecule has 0 saturated heterocycles. The number of carbonyl (C=O) groups excluding carboxylic acids is 1. The lowest BCUT2D eigenvalue weighted by Crippen LogP contribution is -2.27. The molecular formula is C14H20N2O3. The third-order valence-corrected chi connectivity index (χ3v) is 2.47. The van der Waals surface area contributed by atoms with Gasteiger partial charge < -0.3 is 20.5 Å². The summed E-state index contributed by atoms with van der Waals surface area (Å²) in [6.45, 7) is 5.13. The standard InChI is InChI=1S/C14H20N2O3/c1-3-4-8-19-9-7-16-14(17)12-6-5-11(15)10-13(12)18-2/h3,5-6,10H,1,4,7-9,15H2,2H3,(H,16,17). The van der Waals surface area contributed by atoms with Crippen LogP contribution in [-0.2, 0) is 4.74 Å². The monoisotopic (exact) mass is 264 g/mol. The summed E-state index contributed by atoms with van der Waals surface area (Å²) in [6, 6.07) is 4.93. The summed E-state index contributed by atoms with van der Waals surface area (Å²) in [4.78, 5) is 11.9. The molecule has 0 spiro atoms. The van der Waals surface area contributed by atoms with Gasteiger partial charge in [0.2, 0.25) is 0 Å². The molecule has 0 aliphatic rings. The smallest absolute Gasteiger partial charge is 0.255 e. The van der Waals surface area contributed by atoms with Crippen LogP contribution in [0.25, 0.3) is 0 Å². The van der Waals surface area contributed by atoms with Crippen molar-refractivity contribution < 1.29 is 14.3 Å². The molecule has 0 aliphatic heterocycles. The van der Waals surface area contributed by atoms with Gasteiger partial charge in [0.05, 0.1) is 25.9 Å². The highest BCUT2D eigenvalue weighted by Crippen LogP contribution is 2.21. The first-order chi connectivity index (χ1) is 9.19. The molecule has 104 valence electrons. The van der Waals surface area contributed by atoms with Crippen LogP contribution in [0, 0.1) is 0 Å². The topological polar surface area (TPSA) is 73.6 Å². The van der Waals surface area contributed by atoms with Crippen molar-refractivity contribution >= 4 is 11.6 Å². The summed E-state index contributed by atoms with van der Waals surface area (Å²) < 4.78 is 10.4. The number of benzene rings is 1. The molecule has 0 heterocycles. The van der Waals surface area contributed by atoms with Gasteiger partial charge in [0, 0.05) is 18.3 Å². The van der Waals surface area contributed by atoms with E-state index in [2.05, 4.69) is 11.9 Å². The second-order valence-electron chi connectivity index (χ2n) is 3.91. The summed E-state index contributed by atoms with van der Waals surface area (Å²) in [5, 5.41) is 2.76. The number of hydrogen-bond acceptors (Lipinski definition) is 4. The first kappa shape index (κ1) is 15.0. The van der Waals surface area contributed by atoms with Crippen molar-refractivity contribution in [3.63, 3.8) is 0 Å². The number of nitrogens with one attached hydrogen (secondary N) is 1. The van der Waals surface area contributed by atoms with Gasteiger partial charge in [-0.15, -0.1) is 6.58 Å². The van der Waals surface area contributed by atoms with Crippen molar-refractivity contribution in [2.45, 2.75) is 6.42 Å². The molecule has 5 heteroatoms. The highest BCUT2D eigenvalue weighted by Gasteiger charge is 2.11. The maximum absolute atomic E-state index is 11.9. The molecule has 1 aromatic carbocycles. The predicted octanol–water partition coefficient (Wildman–Crippen LogP) is 1.60. The molecule has 5 nitrogen and oxygen atoms in total. The minimum absolute atomic E-state index is 0.204. The van der Waals surface area contributed by atoms with Gasteiger partial charge in [0.15, 0.2) is 0 Å². The third kappa shape index (κ3) is 5.01. The van der Waals surface area contributed by atoms with E-state index in [4.69, 9.17) is 15.2 Å². The minimum Gasteiger partial charge on any atom is -0.496 e. The lowest BCUT2D eigenvalue weighted by Gasteiger charge is -2.10. The Kier molecular flexibility index (Phi) is 6.46. The number of methoxy groups -OCH3 is 1. The highest BCUT2D eigenvalue weighted by atomic mass is 16.5. The Morgan fingerprint density at radius 2 is 2.26 bits per heavy atom. The predicted molar refractivity (Wildman–Crippen MR) is 75.4 cm³/mol. The molecule has 1 rings (SSSR count). The maximum Gasteiger partial charge on any atom is 0.255 e. The molecule has 0 radical (unpaired) electrons. The zero-order chi connectivity index (χ0) is 14.1. The lowest BCUT2D eigenvalue weighted by atomic mass is 10.1. The fraction of sp³-hybridized carbons (Fsp3) is 0.357. The fourth-order valence-corrected chi connectivity index (χ4v) is 1.50. The van der Waals surface area contributed by atoms with Crippen molar-refractivity contribution in [1.29, 1.82) is 0 Å². The van der Waals surface area contributed by atoms with Crippen molar-refractivity contribution in [2.24, 2.45) is 0 Å². The van der Waals surface area contributed by atoms with E-state index in [1.807, 2.05) is 0 Å². The Morgan fingerprint density at radius 1 is 1.47 bits per heavy atom. The Bertz CT molecular complexity index is 433. The second kappa shape index (κ2) is 8.16. The number of nitrogens with two attached hydrogens (primary N) is 1. The van der Waals surface area contributed by atoms with Crippen LogP contribution >= 0.6 is 0 Å². The van der Waals surface area contributed by atoms with E-state index in [1.165, 1.54) is 7.11 Å². The third-order valence-electron chi connectivity index (χ3n) is 2.47. The second-order valence-corrected chi connectivity index (χ2v) is 3.91. The summed E-state index contributed by atoms with van der Waals surface area (Å²) in [7, 11) is 1.50. The molecule has 19 heavy (non-hydrogen) atoms. The molecule has 1 aromatic rings. The molecule has 0 aromatic heterocycles. The average molecular weight is 264 g/mol. The van der Waals surface area contributed by atoms with Crippen molar-refractivity contribution in [2.75, 3.05) is 32.6 Å². The van der Waals surface area contributed by atoms with Gasteiger partial charge in [-0.25, -0.2) is 0 Å². The van der Waals surface area contributed by atoms with Gasteiger partial charge in [-0.3, -0.25) is 4.79 Å². The van der Waals surface area contributed by atoms with Crippen LogP contribution in [-0.4, -0.2) is 32.8 Å². The minimum atomic E-state index is -0.204. The van der Waals surface area contributed by atoms with E-state index in [-0.39, 0.29) is 5.91 Å². The molecule has 0 bridgehead atoms. The van der Waals surface area contributed by atoms with Gasteiger partial charge in [-0.1, -0.05) is 6.08 Å². The molecule has 0 atom stereocenters. The SMILES string of the molecule is C=CCCOCCNC(=O)c1ccc(N)cc1OC. The number of nitrogen functional groups attached to an aromatic ring is 1. The quantitative estimate of drug-likeness (QED) is 0.425. The molecule has 0 saturated carbocycles. The summed E-state index contributed by atoms with van der Waals surface area (Å²) >= 11 is 0. The highest BCUT2D eigenvalue weighted by molar-refractivity contribution is 5.97. The Labute approximate surface area is 113 Å². The molecule has 0 unspecified atom stereocenters. The number of rotatable bonds is 8. The van der Waals surface area contributed by atoms with E-state index < -0.39 is 0 Å². The number of anilines is 1. The maximum atomic E-state index is 11.9. The van der Waals surface area contributed by atoms with Crippen LogP contribution in [0.15, 0.2) is 30.9 Å². The molecular weight excluding hydrogens is 244 g/mol. The van der Waals surface area contributed by atoms with Gasteiger partial charge in [-0.05, 0) is 18.6 Å². The van der Waals surface area contributed by atoms with Crippen LogP contribution in [0.5, 0.6) is 5.75 Å². The van der Waals surface area contributed by atoms with E-state index in [9.17, 15) is 4.79 Å². The molecule has 3 N–H and O–H groups in total. The fourth-order valence-electron chi connectivity index (χ4n) is 1.50. The van der Waals surface area contributed by atoms with Crippen LogP contribution < -0.4 is 15.8 Å². The Hall–Kier alpha value is -2.01. The summed E-state index contributed by atoms with van der Waals surface area (Å²) in [5.41, 5.74) is 6.65. The zero-order valence-corrected chi connectivity index (χ0v) is 11.1. The first-order valence-electron chi connectivity index (χ1n) is 6.09. The van der Waals surface area contributed by atoms with E-state index in [0.29, 0.717) is 36.8 Å². The van der Waals surface area contributed by atoms with E-state index in [0.717, 1.165) is 6.42 Å². The normalized spacial score (nSPS) is 9.95. The van der Waals surface area contributed by atoms with Gasteiger partial charge in [-0.2, -0.15) is 0 Å². The zero-order valence-electron chi connectivity index (χ0n) is 11.1. The summed E-state index contributed by atoms with van der Waals surface area (Å²) in [5.74, 6) is 0.259. The number of carbonyl (C=O) groups is 1. The summed E-state index contributed by atoms with van der Waals surface area (Å²) in [6.07, 6.45) is 2.59. The van der Waals surface area contributed by atoms with Crippen LogP contribution in [0.3, 0.4) is 0 Å².